The average Bonchev–Trinajstić information content (AvgIpc) is 3.25. The number of ether oxygens (including phenoxy) is 1. The number of nitrogens with one attached hydrogen (secondary N) is 2. The molecule has 0 spiro atoms. The van der Waals surface area contributed by atoms with E-state index in [-0.39, 0.29) is 17.9 Å². The van der Waals surface area contributed by atoms with E-state index < -0.39 is 24.5 Å². The maximum atomic E-state index is 12.1. The number of hydrogen-bond donors (Lipinski definition) is 3. The van der Waals surface area contributed by atoms with Gasteiger partial charge in [0.25, 0.3) is 5.91 Å². The van der Waals surface area contributed by atoms with Crippen LogP contribution in [-0.2, 0) is 16.1 Å². The first kappa shape index (κ1) is 19.7. The highest BCUT2D eigenvalue weighted by atomic mass is 16.5. The Morgan fingerprint density at radius 2 is 1.59 bits per heavy atom. The number of benzene rings is 2. The molecular formula is C21H18N2O6. The van der Waals surface area contributed by atoms with Crippen molar-refractivity contribution in [2.45, 2.75) is 6.54 Å². The van der Waals surface area contributed by atoms with Crippen LogP contribution in [0.3, 0.4) is 0 Å². The van der Waals surface area contributed by atoms with Crippen LogP contribution in [0.5, 0.6) is 5.75 Å². The molecule has 148 valence electrons. The molecule has 2 aromatic carbocycles. The number of aromatic hydroxyl groups is 1. The molecule has 3 amide bonds. The van der Waals surface area contributed by atoms with Crippen LogP contribution in [-0.4, -0.2) is 29.6 Å². The first-order valence-electron chi connectivity index (χ1n) is 8.68. The molecule has 8 heteroatoms. The summed E-state index contributed by atoms with van der Waals surface area (Å²) in [5, 5.41) is 13.8. The fraction of sp³-hybridized carbons (Fsp3) is 0.0952. The molecule has 0 saturated carbocycles. The zero-order valence-corrected chi connectivity index (χ0v) is 15.3. The minimum Gasteiger partial charge on any atom is -0.508 e. The summed E-state index contributed by atoms with van der Waals surface area (Å²) in [6.45, 7) is -0.466. The van der Waals surface area contributed by atoms with Gasteiger partial charge in [-0.15, -0.1) is 0 Å². The van der Waals surface area contributed by atoms with Crippen LogP contribution >= 0.6 is 0 Å². The molecule has 0 fully saturated rings. The van der Waals surface area contributed by atoms with Crippen LogP contribution in [0.25, 0.3) is 11.1 Å². The molecule has 0 aliphatic heterocycles. The Balaban J connectivity index is 1.45. The van der Waals surface area contributed by atoms with Gasteiger partial charge in [-0.3, -0.25) is 10.1 Å². The summed E-state index contributed by atoms with van der Waals surface area (Å²) in [5.41, 5.74) is 2.00. The second kappa shape index (κ2) is 9.23. The van der Waals surface area contributed by atoms with Gasteiger partial charge in [-0.2, -0.15) is 0 Å². The molecule has 0 radical (unpaired) electrons. The molecule has 0 bridgehead atoms. The maximum absolute atomic E-state index is 12.1. The molecule has 8 nitrogen and oxygen atoms in total. The molecule has 0 aliphatic carbocycles. The van der Waals surface area contributed by atoms with Crippen molar-refractivity contribution in [3.05, 3.63) is 78.3 Å². The predicted molar refractivity (Wildman–Crippen MR) is 103 cm³/mol. The Bertz CT molecular complexity index is 979. The zero-order valence-electron chi connectivity index (χ0n) is 15.3. The van der Waals surface area contributed by atoms with Gasteiger partial charge in [0.05, 0.1) is 18.4 Å². The molecule has 29 heavy (non-hydrogen) atoms. The van der Waals surface area contributed by atoms with Gasteiger partial charge >= 0.3 is 12.0 Å². The van der Waals surface area contributed by atoms with Crippen LogP contribution in [0.15, 0.2) is 71.3 Å². The third-order valence-corrected chi connectivity index (χ3v) is 3.91. The number of esters is 1. The van der Waals surface area contributed by atoms with Gasteiger partial charge in [-0.25, -0.2) is 9.59 Å². The fourth-order valence-electron chi connectivity index (χ4n) is 2.45. The molecule has 0 aliphatic rings. The number of furan rings is 1. The molecular weight excluding hydrogens is 376 g/mol. The first-order valence-corrected chi connectivity index (χ1v) is 8.68. The van der Waals surface area contributed by atoms with E-state index in [4.69, 9.17) is 9.15 Å². The van der Waals surface area contributed by atoms with Crippen molar-refractivity contribution in [2.24, 2.45) is 0 Å². The van der Waals surface area contributed by atoms with Crippen LogP contribution < -0.4 is 10.6 Å². The smallest absolute Gasteiger partial charge is 0.338 e. The van der Waals surface area contributed by atoms with E-state index in [9.17, 15) is 19.5 Å². The van der Waals surface area contributed by atoms with Crippen molar-refractivity contribution >= 4 is 17.9 Å². The number of imide groups is 1. The van der Waals surface area contributed by atoms with Crippen molar-refractivity contribution in [2.75, 3.05) is 6.61 Å². The molecule has 0 atom stereocenters. The molecule has 0 unspecified atom stereocenters. The van der Waals surface area contributed by atoms with Crippen molar-refractivity contribution in [3.8, 4) is 16.9 Å². The van der Waals surface area contributed by atoms with Crippen molar-refractivity contribution in [1.82, 2.24) is 10.6 Å². The number of rotatable bonds is 6. The first-order chi connectivity index (χ1) is 14.0. The lowest BCUT2D eigenvalue weighted by Gasteiger charge is -2.07. The topological polar surface area (TPSA) is 118 Å². The van der Waals surface area contributed by atoms with Crippen molar-refractivity contribution in [1.29, 1.82) is 0 Å². The predicted octanol–water partition coefficient (Wildman–Crippen LogP) is 2.84. The van der Waals surface area contributed by atoms with Gasteiger partial charge in [-0.1, -0.05) is 24.3 Å². The number of hydrogen-bond acceptors (Lipinski definition) is 6. The van der Waals surface area contributed by atoms with Gasteiger partial charge in [0.1, 0.15) is 11.5 Å². The minimum absolute atomic E-state index is 0.124. The number of amides is 3. The summed E-state index contributed by atoms with van der Waals surface area (Å²) in [4.78, 5) is 35.4. The fourth-order valence-corrected chi connectivity index (χ4v) is 2.45. The second-order valence-electron chi connectivity index (χ2n) is 6.01. The average molecular weight is 394 g/mol. The molecule has 3 N–H and O–H groups in total. The lowest BCUT2D eigenvalue weighted by molar-refractivity contribution is -0.123. The second-order valence-corrected chi connectivity index (χ2v) is 6.01. The Morgan fingerprint density at radius 3 is 2.21 bits per heavy atom. The summed E-state index contributed by atoms with van der Waals surface area (Å²) < 4.78 is 9.97. The monoisotopic (exact) mass is 394 g/mol. The van der Waals surface area contributed by atoms with Gasteiger partial charge in [0.15, 0.2) is 6.61 Å². The normalized spacial score (nSPS) is 10.2. The SMILES string of the molecule is O=C(COC(=O)c1ccc(-c2ccc(O)cc2)cc1)NC(=O)NCc1ccco1. The lowest BCUT2D eigenvalue weighted by Crippen LogP contribution is -2.41. The molecule has 0 saturated heterocycles. The van der Waals surface area contributed by atoms with Crippen LogP contribution in [0.4, 0.5) is 4.79 Å². The van der Waals surface area contributed by atoms with Crippen LogP contribution in [0, 0.1) is 0 Å². The minimum atomic E-state index is -0.754. The summed E-state index contributed by atoms with van der Waals surface area (Å²) >= 11 is 0. The van der Waals surface area contributed by atoms with Crippen molar-refractivity contribution < 1.29 is 28.6 Å². The molecule has 1 aromatic heterocycles. The third-order valence-electron chi connectivity index (χ3n) is 3.91. The van der Waals surface area contributed by atoms with Gasteiger partial charge in [0, 0.05) is 0 Å². The highest BCUT2D eigenvalue weighted by Crippen LogP contribution is 2.22. The van der Waals surface area contributed by atoms with E-state index in [2.05, 4.69) is 10.6 Å². The Kier molecular flexibility index (Phi) is 6.26. The van der Waals surface area contributed by atoms with E-state index in [1.165, 1.54) is 6.26 Å². The van der Waals surface area contributed by atoms with Gasteiger partial charge in [0.2, 0.25) is 0 Å². The number of phenols is 1. The summed E-state index contributed by atoms with van der Waals surface area (Å²) in [7, 11) is 0. The number of urea groups is 1. The summed E-state index contributed by atoms with van der Waals surface area (Å²) in [5.74, 6) is -0.735. The standard InChI is InChI=1S/C21H18N2O6/c24-17-9-7-15(8-10-17)14-3-5-16(6-4-14)20(26)29-13-19(25)23-21(27)22-12-18-2-1-11-28-18/h1-11,24H,12-13H2,(H2,22,23,25,27). The zero-order chi connectivity index (χ0) is 20.6. The molecule has 3 aromatic rings. The highest BCUT2D eigenvalue weighted by Gasteiger charge is 2.13. The third kappa shape index (κ3) is 5.70. The molecule has 3 rings (SSSR count). The van der Waals surface area contributed by atoms with Crippen molar-refractivity contribution in [3.63, 3.8) is 0 Å². The summed E-state index contributed by atoms with van der Waals surface area (Å²) in [6.07, 6.45) is 1.47. The number of carbonyl (C=O) groups is 3. The Labute approximate surface area is 166 Å². The Morgan fingerprint density at radius 1 is 0.931 bits per heavy atom. The number of carbonyl (C=O) groups excluding carboxylic acids is 3. The number of phenolic OH excluding ortho intramolecular Hbond substituents is 1. The molecule has 1 heterocycles. The van der Waals surface area contributed by atoms with Gasteiger partial charge < -0.3 is 19.6 Å². The van der Waals surface area contributed by atoms with E-state index in [1.54, 1.807) is 60.7 Å². The van der Waals surface area contributed by atoms with E-state index in [1.807, 2.05) is 0 Å². The largest absolute Gasteiger partial charge is 0.508 e. The summed E-state index contributed by atoms with van der Waals surface area (Å²) in [6, 6.07) is 15.9. The van der Waals surface area contributed by atoms with Crippen LogP contribution in [0.1, 0.15) is 16.1 Å². The van der Waals surface area contributed by atoms with E-state index in [0.717, 1.165) is 11.1 Å². The highest BCUT2D eigenvalue weighted by molar-refractivity contribution is 5.97. The maximum Gasteiger partial charge on any atom is 0.338 e. The lowest BCUT2D eigenvalue weighted by atomic mass is 10.0. The van der Waals surface area contributed by atoms with Crippen LogP contribution in [0.2, 0.25) is 0 Å². The quantitative estimate of drug-likeness (QED) is 0.554. The van der Waals surface area contributed by atoms with Gasteiger partial charge in [-0.05, 0) is 47.5 Å². The van der Waals surface area contributed by atoms with E-state index in [0.29, 0.717) is 5.76 Å². The Hall–Kier alpha value is -4.07. The van der Waals surface area contributed by atoms with E-state index >= 15 is 0 Å².